The minimum absolute atomic E-state index is 0.538. The maximum Gasteiger partial charge on any atom is 0.256 e. The highest BCUT2D eigenvalue weighted by molar-refractivity contribution is 6.30. The van der Waals surface area contributed by atoms with Crippen LogP contribution in [0.15, 0.2) is 53.1 Å². The van der Waals surface area contributed by atoms with Crippen LogP contribution in [-0.4, -0.2) is 19.6 Å². The molecular formula is C16H11ClN4O. The van der Waals surface area contributed by atoms with E-state index in [9.17, 15) is 0 Å². The summed E-state index contributed by atoms with van der Waals surface area (Å²) < 4.78 is 7.41. The summed E-state index contributed by atoms with van der Waals surface area (Å²) in [4.78, 5) is 4.57. The number of rotatable bonds is 2. The summed E-state index contributed by atoms with van der Waals surface area (Å²) in [5.41, 5.74) is 2.62. The van der Waals surface area contributed by atoms with Gasteiger partial charge in [-0.05, 0) is 37.3 Å². The normalized spacial score (nSPS) is 11.2. The van der Waals surface area contributed by atoms with Gasteiger partial charge in [0.15, 0.2) is 5.76 Å². The van der Waals surface area contributed by atoms with Crippen LogP contribution in [0.5, 0.6) is 0 Å². The first-order valence-corrected chi connectivity index (χ1v) is 7.13. The fourth-order valence-electron chi connectivity index (χ4n) is 2.41. The van der Waals surface area contributed by atoms with Gasteiger partial charge in [0.05, 0.1) is 17.7 Å². The van der Waals surface area contributed by atoms with E-state index in [1.165, 1.54) is 0 Å². The number of hydrogen-bond donors (Lipinski definition) is 0. The molecule has 108 valence electrons. The molecule has 0 aliphatic carbocycles. The largest absolute Gasteiger partial charge is 0.463 e. The molecule has 3 aromatic heterocycles. The smallest absolute Gasteiger partial charge is 0.256 e. The summed E-state index contributed by atoms with van der Waals surface area (Å²) in [7, 11) is 0. The van der Waals surface area contributed by atoms with Crippen LogP contribution in [0.4, 0.5) is 0 Å². The average Bonchev–Trinajstić information content (AvgIpc) is 3.18. The lowest BCUT2D eigenvalue weighted by Gasteiger charge is -2.07. The van der Waals surface area contributed by atoms with Crippen molar-refractivity contribution in [2.24, 2.45) is 0 Å². The summed E-state index contributed by atoms with van der Waals surface area (Å²) in [6.45, 7) is 1.89. The Bertz CT molecular complexity index is 942. The van der Waals surface area contributed by atoms with Crippen molar-refractivity contribution in [1.82, 2.24) is 19.6 Å². The van der Waals surface area contributed by atoms with Gasteiger partial charge >= 0.3 is 0 Å². The quantitative estimate of drug-likeness (QED) is 0.561. The molecule has 0 aliphatic heterocycles. The van der Waals surface area contributed by atoms with E-state index in [0.29, 0.717) is 10.8 Å². The molecule has 0 aliphatic rings. The van der Waals surface area contributed by atoms with Gasteiger partial charge in [0.1, 0.15) is 5.82 Å². The Morgan fingerprint density at radius 2 is 1.91 bits per heavy atom. The number of benzene rings is 1. The van der Waals surface area contributed by atoms with Crippen molar-refractivity contribution in [3.05, 3.63) is 59.6 Å². The molecule has 0 fully saturated rings. The molecule has 0 spiro atoms. The van der Waals surface area contributed by atoms with Crippen LogP contribution in [0.2, 0.25) is 5.02 Å². The molecule has 0 saturated carbocycles. The van der Waals surface area contributed by atoms with Crippen molar-refractivity contribution in [3.8, 4) is 22.7 Å². The maximum atomic E-state index is 5.95. The minimum atomic E-state index is 0.538. The fourth-order valence-corrected chi connectivity index (χ4v) is 2.54. The van der Waals surface area contributed by atoms with E-state index in [1.54, 1.807) is 6.26 Å². The third kappa shape index (κ3) is 2.07. The van der Waals surface area contributed by atoms with Gasteiger partial charge in [-0.3, -0.25) is 4.40 Å². The predicted octanol–water partition coefficient (Wildman–Crippen LogP) is 4.01. The van der Waals surface area contributed by atoms with Crippen LogP contribution >= 0.6 is 11.6 Å². The molecule has 0 bridgehead atoms. The number of aryl methyl sites for hydroxylation is 1. The molecular weight excluding hydrogens is 300 g/mol. The second-order valence-corrected chi connectivity index (χ2v) is 5.33. The topological polar surface area (TPSA) is 56.2 Å². The molecule has 3 heterocycles. The monoisotopic (exact) mass is 310 g/mol. The molecule has 5 nitrogen and oxygen atoms in total. The first kappa shape index (κ1) is 13.0. The third-order valence-electron chi connectivity index (χ3n) is 3.46. The van der Waals surface area contributed by atoms with E-state index < -0.39 is 0 Å². The number of furan rings is 1. The van der Waals surface area contributed by atoms with Gasteiger partial charge in [-0.15, -0.1) is 10.2 Å². The van der Waals surface area contributed by atoms with E-state index >= 15 is 0 Å². The Balaban J connectivity index is 2.00. The summed E-state index contributed by atoms with van der Waals surface area (Å²) in [5.74, 6) is 2.04. The Morgan fingerprint density at radius 3 is 2.64 bits per heavy atom. The van der Waals surface area contributed by atoms with Gasteiger partial charge in [-0.25, -0.2) is 4.98 Å². The Kier molecular flexibility index (Phi) is 2.94. The van der Waals surface area contributed by atoms with Crippen molar-refractivity contribution in [2.75, 3.05) is 0 Å². The highest BCUT2D eigenvalue weighted by Gasteiger charge is 2.14. The lowest BCUT2D eigenvalue weighted by atomic mass is 10.1. The van der Waals surface area contributed by atoms with Crippen LogP contribution in [0.3, 0.4) is 0 Å². The molecule has 0 N–H and O–H groups in total. The van der Waals surface area contributed by atoms with Gasteiger partial charge < -0.3 is 4.42 Å². The number of nitrogens with zero attached hydrogens (tertiary/aromatic N) is 4. The summed E-state index contributed by atoms with van der Waals surface area (Å²) in [6.07, 6.45) is 1.64. The number of halogens is 1. The standard InChI is InChI=1S/C16H11ClN4O/c1-10-19-20-16-18-13(11-4-6-12(17)7-5-11)9-14(21(10)16)15-3-2-8-22-15/h2-9H,1H3. The summed E-state index contributed by atoms with van der Waals surface area (Å²) in [5, 5.41) is 8.92. The summed E-state index contributed by atoms with van der Waals surface area (Å²) in [6, 6.07) is 13.2. The molecule has 1 aromatic carbocycles. The van der Waals surface area contributed by atoms with Crippen LogP contribution in [-0.2, 0) is 0 Å². The highest BCUT2D eigenvalue weighted by atomic mass is 35.5. The van der Waals surface area contributed by atoms with Crippen LogP contribution in [0, 0.1) is 6.92 Å². The lowest BCUT2D eigenvalue weighted by molar-refractivity contribution is 0.578. The molecule has 4 aromatic rings. The Hall–Kier alpha value is -2.66. The van der Waals surface area contributed by atoms with Crippen LogP contribution in [0.25, 0.3) is 28.5 Å². The molecule has 0 atom stereocenters. The lowest BCUT2D eigenvalue weighted by Crippen LogP contribution is -1.98. The molecule has 6 heteroatoms. The predicted molar refractivity (Wildman–Crippen MR) is 83.7 cm³/mol. The van der Waals surface area contributed by atoms with Crippen LogP contribution in [0.1, 0.15) is 5.82 Å². The SMILES string of the molecule is Cc1nnc2nc(-c3ccc(Cl)cc3)cc(-c3ccco3)n12. The number of aromatic nitrogens is 4. The molecule has 4 rings (SSSR count). The molecule has 22 heavy (non-hydrogen) atoms. The van der Waals surface area contributed by atoms with Gasteiger partial charge in [0, 0.05) is 10.6 Å². The average molecular weight is 311 g/mol. The zero-order valence-electron chi connectivity index (χ0n) is 11.7. The van der Waals surface area contributed by atoms with E-state index in [1.807, 2.05) is 53.8 Å². The van der Waals surface area contributed by atoms with Crippen LogP contribution < -0.4 is 0 Å². The van der Waals surface area contributed by atoms with Gasteiger partial charge in [-0.1, -0.05) is 23.7 Å². The van der Waals surface area contributed by atoms with Crippen molar-refractivity contribution in [2.45, 2.75) is 6.92 Å². The maximum absolute atomic E-state index is 5.95. The van der Waals surface area contributed by atoms with Crippen molar-refractivity contribution < 1.29 is 4.42 Å². The van der Waals surface area contributed by atoms with E-state index in [4.69, 9.17) is 16.0 Å². The Labute approximate surface area is 131 Å². The zero-order chi connectivity index (χ0) is 15.1. The van der Waals surface area contributed by atoms with Crippen molar-refractivity contribution in [3.63, 3.8) is 0 Å². The molecule has 0 radical (unpaired) electrons. The second kappa shape index (κ2) is 4.96. The second-order valence-electron chi connectivity index (χ2n) is 4.89. The summed E-state index contributed by atoms with van der Waals surface area (Å²) >= 11 is 5.95. The molecule has 0 amide bonds. The number of fused-ring (bicyclic) bond motifs is 1. The third-order valence-corrected chi connectivity index (χ3v) is 3.71. The van der Waals surface area contributed by atoms with Gasteiger partial charge in [-0.2, -0.15) is 0 Å². The van der Waals surface area contributed by atoms with E-state index in [0.717, 1.165) is 28.5 Å². The first-order chi connectivity index (χ1) is 10.7. The number of hydrogen-bond acceptors (Lipinski definition) is 4. The minimum Gasteiger partial charge on any atom is -0.463 e. The highest BCUT2D eigenvalue weighted by Crippen LogP contribution is 2.27. The Morgan fingerprint density at radius 1 is 1.09 bits per heavy atom. The molecule has 0 saturated heterocycles. The zero-order valence-corrected chi connectivity index (χ0v) is 12.4. The van der Waals surface area contributed by atoms with E-state index in [2.05, 4.69) is 15.2 Å². The van der Waals surface area contributed by atoms with Gasteiger partial charge in [0.2, 0.25) is 0 Å². The van der Waals surface area contributed by atoms with Crippen molar-refractivity contribution >= 4 is 17.4 Å². The first-order valence-electron chi connectivity index (χ1n) is 6.75. The van der Waals surface area contributed by atoms with E-state index in [-0.39, 0.29) is 0 Å². The van der Waals surface area contributed by atoms with Gasteiger partial charge in [0.25, 0.3) is 5.78 Å². The fraction of sp³-hybridized carbons (Fsp3) is 0.0625. The van der Waals surface area contributed by atoms with Crippen molar-refractivity contribution in [1.29, 1.82) is 0 Å². The molecule has 0 unspecified atom stereocenters.